The summed E-state index contributed by atoms with van der Waals surface area (Å²) in [6, 6.07) is 9.63. The highest BCUT2D eigenvalue weighted by atomic mass is 19.1. The summed E-state index contributed by atoms with van der Waals surface area (Å²) in [5.74, 6) is -2.48. The Morgan fingerprint density at radius 2 is 1.75 bits per heavy atom. The van der Waals surface area contributed by atoms with Gasteiger partial charge in [-0.2, -0.15) is 5.10 Å². The Morgan fingerprint density at radius 3 is 2.46 bits per heavy atom. The third-order valence-electron chi connectivity index (χ3n) is 4.93. The molecule has 144 valence electrons. The van der Waals surface area contributed by atoms with Crippen LogP contribution in [0.4, 0.5) is 14.5 Å². The van der Waals surface area contributed by atoms with Crippen molar-refractivity contribution in [2.24, 2.45) is 0 Å². The van der Waals surface area contributed by atoms with Gasteiger partial charge >= 0.3 is 0 Å². The lowest BCUT2D eigenvalue weighted by atomic mass is 9.94. The Morgan fingerprint density at radius 1 is 1.07 bits per heavy atom. The summed E-state index contributed by atoms with van der Waals surface area (Å²) in [6.07, 6.45) is 2.64. The number of aromatic nitrogens is 2. The van der Waals surface area contributed by atoms with Gasteiger partial charge in [0.05, 0.1) is 5.69 Å². The average molecular weight is 383 g/mol. The maximum absolute atomic E-state index is 13.3. The van der Waals surface area contributed by atoms with E-state index in [1.807, 2.05) is 12.1 Å². The van der Waals surface area contributed by atoms with Gasteiger partial charge in [0.2, 0.25) is 0 Å². The van der Waals surface area contributed by atoms with Gasteiger partial charge in [-0.3, -0.25) is 9.89 Å². The fourth-order valence-corrected chi connectivity index (χ4v) is 3.53. The van der Waals surface area contributed by atoms with Crippen LogP contribution in [0.2, 0.25) is 0 Å². The van der Waals surface area contributed by atoms with Crippen molar-refractivity contribution in [1.29, 1.82) is 0 Å². The molecule has 4 rings (SSSR count). The third-order valence-corrected chi connectivity index (χ3v) is 4.93. The number of carbonyl (C=O) groups excluding carboxylic acids is 1. The molecule has 1 heterocycles. The number of aryl methyl sites for hydroxylation is 1. The number of aromatic amines is 1. The molecule has 0 aliphatic heterocycles. The molecule has 1 unspecified atom stereocenters. The van der Waals surface area contributed by atoms with E-state index in [1.54, 1.807) is 12.1 Å². The zero-order chi connectivity index (χ0) is 19.7. The highest BCUT2D eigenvalue weighted by Gasteiger charge is 2.20. The predicted octanol–water partition coefficient (Wildman–Crippen LogP) is 3.91. The molecule has 1 aliphatic carbocycles. The van der Waals surface area contributed by atoms with E-state index in [0.29, 0.717) is 11.8 Å². The van der Waals surface area contributed by atoms with E-state index in [-0.39, 0.29) is 5.56 Å². The first-order chi connectivity index (χ1) is 13.5. The SMILES string of the molecule is O=C(Nc1ccc(-c2n[nH]c3c2CCCC3)cc1)C(O)c1cc(F)cc(F)c1. The number of amides is 1. The predicted molar refractivity (Wildman–Crippen MR) is 101 cm³/mol. The second kappa shape index (κ2) is 7.52. The van der Waals surface area contributed by atoms with Crippen LogP contribution < -0.4 is 5.32 Å². The van der Waals surface area contributed by atoms with Gasteiger partial charge in [-0.15, -0.1) is 0 Å². The molecule has 0 bridgehead atoms. The van der Waals surface area contributed by atoms with E-state index in [1.165, 1.54) is 11.3 Å². The van der Waals surface area contributed by atoms with Crippen molar-refractivity contribution >= 4 is 11.6 Å². The van der Waals surface area contributed by atoms with E-state index in [2.05, 4.69) is 15.5 Å². The van der Waals surface area contributed by atoms with Crippen LogP contribution in [0.5, 0.6) is 0 Å². The number of anilines is 1. The van der Waals surface area contributed by atoms with Crippen molar-refractivity contribution in [3.63, 3.8) is 0 Å². The van der Waals surface area contributed by atoms with E-state index in [9.17, 15) is 18.7 Å². The lowest BCUT2D eigenvalue weighted by molar-refractivity contribution is -0.124. The summed E-state index contributed by atoms with van der Waals surface area (Å²) in [6.45, 7) is 0. The highest BCUT2D eigenvalue weighted by Crippen LogP contribution is 2.30. The fourth-order valence-electron chi connectivity index (χ4n) is 3.53. The number of aliphatic hydroxyl groups is 1. The van der Waals surface area contributed by atoms with Gasteiger partial charge in [0.15, 0.2) is 6.10 Å². The molecule has 1 atom stereocenters. The van der Waals surface area contributed by atoms with Crippen LogP contribution >= 0.6 is 0 Å². The lowest BCUT2D eigenvalue weighted by Crippen LogP contribution is -2.21. The summed E-state index contributed by atoms with van der Waals surface area (Å²) < 4.78 is 26.6. The molecule has 1 aromatic heterocycles. The standard InChI is InChI=1S/C21H19F2N3O2/c22-14-9-13(10-15(23)11-14)20(27)21(28)24-16-7-5-12(6-8-16)19-17-3-1-2-4-18(17)25-26-19/h5-11,20,27H,1-4H2,(H,24,28)(H,25,26). The second-order valence-corrected chi connectivity index (χ2v) is 6.91. The van der Waals surface area contributed by atoms with Gasteiger partial charge in [-0.05, 0) is 55.5 Å². The first-order valence-corrected chi connectivity index (χ1v) is 9.13. The van der Waals surface area contributed by atoms with Crippen LogP contribution in [-0.4, -0.2) is 21.2 Å². The van der Waals surface area contributed by atoms with Gasteiger partial charge in [-0.25, -0.2) is 8.78 Å². The molecule has 0 spiro atoms. The molecule has 28 heavy (non-hydrogen) atoms. The number of H-pyrrole nitrogens is 1. The van der Waals surface area contributed by atoms with Gasteiger partial charge in [0, 0.05) is 28.6 Å². The summed E-state index contributed by atoms with van der Waals surface area (Å²) in [5.41, 5.74) is 4.60. The maximum Gasteiger partial charge on any atom is 0.257 e. The largest absolute Gasteiger partial charge is 0.378 e. The van der Waals surface area contributed by atoms with Gasteiger partial charge in [0.1, 0.15) is 11.6 Å². The Kier molecular flexibility index (Phi) is 4.92. The number of carbonyl (C=O) groups is 1. The van der Waals surface area contributed by atoms with E-state index >= 15 is 0 Å². The summed E-state index contributed by atoms with van der Waals surface area (Å²) in [5, 5.41) is 20.1. The quantitative estimate of drug-likeness (QED) is 0.639. The van der Waals surface area contributed by atoms with Gasteiger partial charge in [0.25, 0.3) is 5.91 Å². The number of aliphatic hydroxyl groups excluding tert-OH is 1. The topological polar surface area (TPSA) is 78.0 Å². The third kappa shape index (κ3) is 3.66. The van der Waals surface area contributed by atoms with Crippen molar-refractivity contribution in [3.05, 3.63) is 70.9 Å². The monoisotopic (exact) mass is 383 g/mol. The normalized spacial score (nSPS) is 14.4. The Labute approximate surface area is 160 Å². The van der Waals surface area contributed by atoms with Crippen LogP contribution in [-0.2, 0) is 17.6 Å². The van der Waals surface area contributed by atoms with Gasteiger partial charge < -0.3 is 10.4 Å². The molecule has 0 saturated heterocycles. The maximum atomic E-state index is 13.3. The second-order valence-electron chi connectivity index (χ2n) is 6.91. The van der Waals surface area contributed by atoms with Crippen LogP contribution in [0.15, 0.2) is 42.5 Å². The molecule has 7 heteroatoms. The molecule has 0 radical (unpaired) electrons. The highest BCUT2D eigenvalue weighted by molar-refractivity contribution is 5.94. The van der Waals surface area contributed by atoms with Crippen molar-refractivity contribution < 1.29 is 18.7 Å². The average Bonchev–Trinajstić information content (AvgIpc) is 3.11. The molecule has 5 nitrogen and oxygen atoms in total. The van der Waals surface area contributed by atoms with Crippen LogP contribution in [0.3, 0.4) is 0 Å². The fraction of sp³-hybridized carbons (Fsp3) is 0.238. The first kappa shape index (κ1) is 18.3. The van der Waals surface area contributed by atoms with E-state index in [4.69, 9.17) is 0 Å². The number of halogens is 2. The number of nitrogens with zero attached hydrogens (tertiary/aromatic N) is 1. The molecule has 2 aromatic carbocycles. The minimum absolute atomic E-state index is 0.144. The zero-order valence-corrected chi connectivity index (χ0v) is 15.0. The van der Waals surface area contributed by atoms with Crippen LogP contribution in [0.1, 0.15) is 35.8 Å². The number of benzene rings is 2. The number of nitrogens with one attached hydrogen (secondary N) is 2. The summed E-state index contributed by atoms with van der Waals surface area (Å²) >= 11 is 0. The molecule has 1 amide bonds. The minimum Gasteiger partial charge on any atom is -0.378 e. The molecule has 1 aliphatic rings. The summed E-state index contributed by atoms with van der Waals surface area (Å²) in [7, 11) is 0. The van der Waals surface area contributed by atoms with Crippen molar-refractivity contribution in [3.8, 4) is 11.3 Å². The molecular formula is C21H19F2N3O2. The van der Waals surface area contributed by atoms with E-state index in [0.717, 1.165) is 49.1 Å². The molecule has 0 fully saturated rings. The minimum atomic E-state index is -1.68. The number of rotatable bonds is 4. The smallest absolute Gasteiger partial charge is 0.257 e. The first-order valence-electron chi connectivity index (χ1n) is 9.13. The Hall–Kier alpha value is -3.06. The summed E-state index contributed by atoms with van der Waals surface area (Å²) in [4.78, 5) is 12.2. The molecule has 0 saturated carbocycles. The Bertz CT molecular complexity index is 995. The molecular weight excluding hydrogens is 364 g/mol. The molecule has 3 N–H and O–H groups in total. The Balaban J connectivity index is 1.48. The zero-order valence-electron chi connectivity index (χ0n) is 15.0. The number of fused-ring (bicyclic) bond motifs is 1. The van der Waals surface area contributed by atoms with Crippen LogP contribution in [0, 0.1) is 11.6 Å². The van der Waals surface area contributed by atoms with Crippen molar-refractivity contribution in [1.82, 2.24) is 10.2 Å². The number of hydrogen-bond acceptors (Lipinski definition) is 3. The lowest BCUT2D eigenvalue weighted by Gasteiger charge is -2.13. The van der Waals surface area contributed by atoms with Crippen LogP contribution in [0.25, 0.3) is 11.3 Å². The number of hydrogen-bond donors (Lipinski definition) is 3. The van der Waals surface area contributed by atoms with E-state index < -0.39 is 23.6 Å². The molecule has 3 aromatic rings. The van der Waals surface area contributed by atoms with Crippen molar-refractivity contribution in [2.75, 3.05) is 5.32 Å². The van der Waals surface area contributed by atoms with Gasteiger partial charge in [-0.1, -0.05) is 12.1 Å². The van der Waals surface area contributed by atoms with Crippen molar-refractivity contribution in [2.45, 2.75) is 31.8 Å².